The number of aromatic hydroxyl groups is 1. The van der Waals surface area contributed by atoms with E-state index in [4.69, 9.17) is 20.9 Å². The number of phenols is 1. The van der Waals surface area contributed by atoms with Gasteiger partial charge in [-0.25, -0.2) is 0 Å². The van der Waals surface area contributed by atoms with E-state index in [-0.39, 0.29) is 17.5 Å². The van der Waals surface area contributed by atoms with Gasteiger partial charge in [0.15, 0.2) is 0 Å². The van der Waals surface area contributed by atoms with Crippen molar-refractivity contribution in [3.63, 3.8) is 0 Å². The summed E-state index contributed by atoms with van der Waals surface area (Å²) >= 11 is 6.10. The van der Waals surface area contributed by atoms with Gasteiger partial charge in [0.05, 0.1) is 5.60 Å². The maximum absolute atomic E-state index is 9.49. The van der Waals surface area contributed by atoms with E-state index in [1.807, 2.05) is 20.8 Å². The van der Waals surface area contributed by atoms with Crippen molar-refractivity contribution in [3.05, 3.63) is 23.2 Å². The molecular formula is C12H16BClO3. The zero-order chi connectivity index (χ0) is 12.6. The van der Waals surface area contributed by atoms with E-state index in [2.05, 4.69) is 0 Å². The minimum Gasteiger partial charge on any atom is -0.508 e. The summed E-state index contributed by atoms with van der Waals surface area (Å²) in [7, 11) is -0.520. The summed E-state index contributed by atoms with van der Waals surface area (Å²) in [5.74, 6) is 0.160. The molecule has 1 heterocycles. The Hall–Kier alpha value is -0.705. The Morgan fingerprint density at radius 3 is 2.82 bits per heavy atom. The molecule has 0 bridgehead atoms. The van der Waals surface area contributed by atoms with Crippen LogP contribution in [0, 0.1) is 0 Å². The first-order valence-corrected chi connectivity index (χ1v) is 6.07. The van der Waals surface area contributed by atoms with Gasteiger partial charge < -0.3 is 14.4 Å². The Morgan fingerprint density at radius 2 is 2.18 bits per heavy atom. The van der Waals surface area contributed by atoms with Crippen molar-refractivity contribution in [1.29, 1.82) is 0 Å². The second kappa shape index (κ2) is 4.52. The van der Waals surface area contributed by atoms with Crippen molar-refractivity contribution in [1.82, 2.24) is 0 Å². The fourth-order valence-electron chi connectivity index (χ4n) is 2.17. The lowest BCUT2D eigenvalue weighted by Crippen LogP contribution is -2.52. The highest BCUT2D eigenvalue weighted by Crippen LogP contribution is 2.27. The van der Waals surface area contributed by atoms with Crippen LogP contribution in [0.15, 0.2) is 18.2 Å². The molecule has 0 radical (unpaired) electrons. The highest BCUT2D eigenvalue weighted by atomic mass is 35.5. The van der Waals surface area contributed by atoms with E-state index in [1.165, 1.54) is 0 Å². The predicted molar refractivity (Wildman–Crippen MR) is 68.8 cm³/mol. The lowest BCUT2D eigenvalue weighted by atomic mass is 9.75. The predicted octanol–water partition coefficient (Wildman–Crippen LogP) is 2.34. The van der Waals surface area contributed by atoms with Gasteiger partial charge in [0, 0.05) is 16.6 Å². The molecule has 2 rings (SSSR count). The lowest BCUT2D eigenvalue weighted by Gasteiger charge is -2.38. The highest BCUT2D eigenvalue weighted by Gasteiger charge is 2.39. The van der Waals surface area contributed by atoms with Crippen molar-refractivity contribution in [3.8, 4) is 5.75 Å². The van der Waals surface area contributed by atoms with E-state index >= 15 is 0 Å². The van der Waals surface area contributed by atoms with Crippen LogP contribution in [0.1, 0.15) is 27.2 Å². The molecule has 0 aliphatic carbocycles. The van der Waals surface area contributed by atoms with Crippen LogP contribution >= 0.6 is 11.6 Å². The maximum Gasteiger partial charge on any atom is 0.496 e. The summed E-state index contributed by atoms with van der Waals surface area (Å²) in [5.41, 5.74) is 0.420. The van der Waals surface area contributed by atoms with Crippen molar-refractivity contribution >= 4 is 24.2 Å². The van der Waals surface area contributed by atoms with Crippen LogP contribution in [0.2, 0.25) is 5.02 Å². The highest BCUT2D eigenvalue weighted by molar-refractivity contribution is 6.65. The first-order valence-electron chi connectivity index (χ1n) is 5.69. The minimum absolute atomic E-state index is 0.0992. The van der Waals surface area contributed by atoms with Crippen LogP contribution in [-0.2, 0) is 9.31 Å². The van der Waals surface area contributed by atoms with Crippen LogP contribution < -0.4 is 5.46 Å². The molecule has 1 atom stereocenters. The van der Waals surface area contributed by atoms with Gasteiger partial charge in [-0.2, -0.15) is 0 Å². The third kappa shape index (κ3) is 2.95. The third-order valence-corrected chi connectivity index (χ3v) is 3.14. The van der Waals surface area contributed by atoms with Crippen LogP contribution in [0.3, 0.4) is 0 Å². The first kappa shape index (κ1) is 12.7. The molecule has 1 unspecified atom stereocenters. The van der Waals surface area contributed by atoms with Crippen LogP contribution in [0.4, 0.5) is 0 Å². The summed E-state index contributed by atoms with van der Waals surface area (Å²) in [6, 6.07) is 4.77. The van der Waals surface area contributed by atoms with Crippen LogP contribution in [0.25, 0.3) is 0 Å². The molecule has 1 N–H and O–H groups in total. The average molecular weight is 255 g/mol. The molecule has 0 amide bonds. The Bertz CT molecular complexity index is 422. The third-order valence-electron chi connectivity index (χ3n) is 2.79. The van der Waals surface area contributed by atoms with Gasteiger partial charge in [-0.15, -0.1) is 0 Å². The molecule has 1 aromatic carbocycles. The number of hydrogen-bond acceptors (Lipinski definition) is 3. The summed E-state index contributed by atoms with van der Waals surface area (Å²) in [4.78, 5) is 0. The molecule has 17 heavy (non-hydrogen) atoms. The van der Waals surface area contributed by atoms with Gasteiger partial charge >= 0.3 is 7.12 Å². The topological polar surface area (TPSA) is 38.7 Å². The van der Waals surface area contributed by atoms with Crippen LogP contribution in [0.5, 0.6) is 5.75 Å². The molecule has 1 aromatic rings. The van der Waals surface area contributed by atoms with E-state index in [0.717, 1.165) is 6.42 Å². The Balaban J connectivity index is 2.30. The van der Waals surface area contributed by atoms with E-state index < -0.39 is 7.12 Å². The van der Waals surface area contributed by atoms with E-state index in [0.29, 0.717) is 10.5 Å². The Kier molecular flexibility index (Phi) is 3.39. The second-order valence-electron chi connectivity index (χ2n) is 5.07. The minimum atomic E-state index is -0.520. The van der Waals surface area contributed by atoms with Crippen molar-refractivity contribution in [2.24, 2.45) is 0 Å². The average Bonchev–Trinajstić information content (AvgIpc) is 2.18. The number of hydrogen-bond donors (Lipinski definition) is 1. The molecule has 92 valence electrons. The molecule has 1 saturated heterocycles. The summed E-state index contributed by atoms with van der Waals surface area (Å²) in [5, 5.41) is 10.0. The Labute approximate surface area is 107 Å². The summed E-state index contributed by atoms with van der Waals surface area (Å²) < 4.78 is 11.6. The summed E-state index contributed by atoms with van der Waals surface area (Å²) in [6.45, 7) is 6.05. The smallest absolute Gasteiger partial charge is 0.496 e. The van der Waals surface area contributed by atoms with Crippen molar-refractivity contribution < 1.29 is 14.4 Å². The van der Waals surface area contributed by atoms with E-state index in [9.17, 15) is 5.11 Å². The zero-order valence-electron chi connectivity index (χ0n) is 10.2. The molecule has 0 spiro atoms. The standard InChI is InChI=1S/C12H16BClO3/c1-8-7-12(2,3)17-13(16-8)10-6-9(15)4-5-11(10)14/h4-6,8,15H,7H2,1-3H3. The quantitative estimate of drug-likeness (QED) is 0.782. The van der Waals surface area contributed by atoms with Gasteiger partial charge in [-0.1, -0.05) is 11.6 Å². The number of benzene rings is 1. The first-order chi connectivity index (χ1) is 7.87. The number of halogens is 1. The van der Waals surface area contributed by atoms with Crippen molar-refractivity contribution in [2.45, 2.75) is 38.9 Å². The van der Waals surface area contributed by atoms with Gasteiger partial charge in [-0.3, -0.25) is 0 Å². The summed E-state index contributed by atoms with van der Waals surface area (Å²) in [6.07, 6.45) is 0.932. The maximum atomic E-state index is 9.49. The Morgan fingerprint density at radius 1 is 1.47 bits per heavy atom. The van der Waals surface area contributed by atoms with Gasteiger partial charge in [0.2, 0.25) is 0 Å². The molecule has 5 heteroatoms. The molecular weight excluding hydrogens is 238 g/mol. The molecule has 0 saturated carbocycles. The van der Waals surface area contributed by atoms with Gasteiger partial charge in [-0.05, 0) is 45.4 Å². The van der Waals surface area contributed by atoms with E-state index in [1.54, 1.807) is 18.2 Å². The van der Waals surface area contributed by atoms with Gasteiger partial charge in [0.1, 0.15) is 5.75 Å². The second-order valence-corrected chi connectivity index (χ2v) is 5.47. The van der Waals surface area contributed by atoms with Crippen LogP contribution in [-0.4, -0.2) is 23.9 Å². The molecule has 3 nitrogen and oxygen atoms in total. The van der Waals surface area contributed by atoms with Crippen molar-refractivity contribution in [2.75, 3.05) is 0 Å². The number of rotatable bonds is 1. The SMILES string of the molecule is CC1CC(C)(C)OB(c2cc(O)ccc2Cl)O1. The number of phenolic OH excluding ortho intramolecular Hbond substituents is 1. The molecule has 1 aliphatic rings. The fraction of sp³-hybridized carbons (Fsp3) is 0.500. The fourth-order valence-corrected chi connectivity index (χ4v) is 2.37. The monoisotopic (exact) mass is 254 g/mol. The zero-order valence-corrected chi connectivity index (χ0v) is 11.0. The molecule has 1 fully saturated rings. The lowest BCUT2D eigenvalue weighted by molar-refractivity contribution is -0.0229. The largest absolute Gasteiger partial charge is 0.508 e. The normalized spacial score (nSPS) is 23.8. The van der Waals surface area contributed by atoms with Gasteiger partial charge in [0.25, 0.3) is 0 Å². The molecule has 1 aliphatic heterocycles. The molecule has 0 aromatic heterocycles.